The summed E-state index contributed by atoms with van der Waals surface area (Å²) in [7, 11) is 0.256. The van der Waals surface area contributed by atoms with E-state index in [-0.39, 0.29) is 22.8 Å². The highest BCUT2D eigenvalue weighted by molar-refractivity contribution is 7.85. The molecule has 0 spiro atoms. The molecule has 0 fully saturated rings. The second kappa shape index (κ2) is 4.93. The monoisotopic (exact) mass is 228 g/mol. The molecule has 15 heavy (non-hydrogen) atoms. The molecule has 0 saturated heterocycles. The van der Waals surface area contributed by atoms with Crippen LogP contribution in [0.5, 0.6) is 11.5 Å². The van der Waals surface area contributed by atoms with Gasteiger partial charge < -0.3 is 9.84 Å². The van der Waals surface area contributed by atoms with Crippen molar-refractivity contribution in [1.29, 1.82) is 0 Å². The number of hydrogen-bond donors (Lipinski definition) is 1. The van der Waals surface area contributed by atoms with Crippen LogP contribution in [-0.4, -0.2) is 34.2 Å². The Labute approximate surface area is 90.3 Å². The first-order chi connectivity index (χ1) is 7.04. The van der Waals surface area contributed by atoms with Gasteiger partial charge in [0.2, 0.25) is 0 Å². The van der Waals surface area contributed by atoms with E-state index in [1.54, 1.807) is 6.07 Å². The predicted molar refractivity (Wildman–Crippen MR) is 57.9 cm³/mol. The molecule has 5 heteroatoms. The smallest absolute Gasteiger partial charge is 0.179 e. The number of phenols is 1. The number of phenolic OH excluding ortho intramolecular Hbond substituents is 1. The van der Waals surface area contributed by atoms with Crippen LogP contribution < -0.4 is 4.74 Å². The number of aromatic hydroxyl groups is 1. The molecule has 0 heterocycles. The van der Waals surface area contributed by atoms with Crippen LogP contribution in [0.15, 0.2) is 18.2 Å². The first kappa shape index (κ1) is 11.7. The van der Waals surface area contributed by atoms with Crippen LogP contribution in [0.3, 0.4) is 0 Å². The third-order valence-electron chi connectivity index (χ3n) is 1.84. The number of Topliss-reactive ketones (excluding diaryl/α,β-unsaturated/α-hetero) is 1. The van der Waals surface area contributed by atoms with E-state index < -0.39 is 10.8 Å². The molecule has 0 aromatic heterocycles. The van der Waals surface area contributed by atoms with Crippen molar-refractivity contribution in [3.8, 4) is 11.5 Å². The number of rotatable bonds is 4. The topological polar surface area (TPSA) is 63.6 Å². The molecule has 0 aliphatic carbocycles. The highest BCUT2D eigenvalue weighted by Crippen LogP contribution is 2.23. The van der Waals surface area contributed by atoms with E-state index in [0.29, 0.717) is 5.75 Å². The fraction of sp³-hybridized carbons (Fsp3) is 0.300. The van der Waals surface area contributed by atoms with Crippen molar-refractivity contribution in [2.24, 2.45) is 0 Å². The summed E-state index contributed by atoms with van der Waals surface area (Å²) in [5.41, 5.74) is 0.143. The van der Waals surface area contributed by atoms with Crippen molar-refractivity contribution in [2.75, 3.05) is 19.1 Å². The normalized spacial score (nSPS) is 12.1. The molecule has 0 radical (unpaired) electrons. The van der Waals surface area contributed by atoms with Gasteiger partial charge in [-0.25, -0.2) is 0 Å². The number of methoxy groups -OCH3 is 1. The van der Waals surface area contributed by atoms with Crippen LogP contribution in [0.4, 0.5) is 0 Å². The fourth-order valence-corrected chi connectivity index (χ4v) is 1.65. The van der Waals surface area contributed by atoms with Gasteiger partial charge in [-0.05, 0) is 18.2 Å². The highest BCUT2D eigenvalue weighted by atomic mass is 32.2. The molecule has 1 N–H and O–H groups in total. The lowest BCUT2D eigenvalue weighted by atomic mass is 10.1. The van der Waals surface area contributed by atoms with E-state index in [1.807, 2.05) is 0 Å². The zero-order chi connectivity index (χ0) is 11.4. The predicted octanol–water partition coefficient (Wildman–Crippen LogP) is 0.962. The Hall–Kier alpha value is -1.36. The number of ether oxygens (including phenoxy) is 1. The molecular formula is C10H12O4S. The molecule has 1 aromatic carbocycles. The third kappa shape index (κ3) is 3.06. The summed E-state index contributed by atoms with van der Waals surface area (Å²) < 4.78 is 15.8. The summed E-state index contributed by atoms with van der Waals surface area (Å²) in [4.78, 5) is 11.5. The summed E-state index contributed by atoms with van der Waals surface area (Å²) in [5.74, 6) is -0.0858. The van der Waals surface area contributed by atoms with E-state index in [1.165, 1.54) is 25.5 Å². The average molecular weight is 228 g/mol. The first-order valence-corrected chi connectivity index (χ1v) is 5.97. The van der Waals surface area contributed by atoms with Crippen LogP contribution in [0.1, 0.15) is 10.4 Å². The van der Waals surface area contributed by atoms with Gasteiger partial charge >= 0.3 is 0 Å². The summed E-state index contributed by atoms with van der Waals surface area (Å²) in [6.07, 6.45) is 1.44. The molecule has 0 amide bonds. The number of benzene rings is 1. The lowest BCUT2D eigenvalue weighted by molar-refractivity contribution is 0.101. The Kier molecular flexibility index (Phi) is 3.85. The van der Waals surface area contributed by atoms with Gasteiger partial charge in [-0.2, -0.15) is 0 Å². The number of carbonyl (C=O) groups excluding carboxylic acids is 1. The summed E-state index contributed by atoms with van der Waals surface area (Å²) in [6.45, 7) is 0. The Morgan fingerprint density at radius 1 is 1.53 bits per heavy atom. The lowest BCUT2D eigenvalue weighted by Gasteiger charge is -2.05. The van der Waals surface area contributed by atoms with E-state index >= 15 is 0 Å². The molecule has 4 nitrogen and oxygen atoms in total. The van der Waals surface area contributed by atoms with Crippen LogP contribution in [-0.2, 0) is 10.8 Å². The molecule has 0 saturated carbocycles. The van der Waals surface area contributed by atoms with Crippen LogP contribution in [0.25, 0.3) is 0 Å². The number of hydrogen-bond acceptors (Lipinski definition) is 4. The zero-order valence-electron chi connectivity index (χ0n) is 8.52. The van der Waals surface area contributed by atoms with Gasteiger partial charge in [0.15, 0.2) is 5.78 Å². The van der Waals surface area contributed by atoms with E-state index in [2.05, 4.69) is 0 Å². The Bertz CT molecular complexity index is 400. The van der Waals surface area contributed by atoms with Crippen molar-refractivity contribution in [1.82, 2.24) is 0 Å². The van der Waals surface area contributed by atoms with Gasteiger partial charge in [-0.1, -0.05) is 0 Å². The second-order valence-corrected chi connectivity index (χ2v) is 4.46. The summed E-state index contributed by atoms with van der Waals surface area (Å²) >= 11 is 0. The van der Waals surface area contributed by atoms with Crippen molar-refractivity contribution >= 4 is 16.6 Å². The molecule has 0 bridgehead atoms. The minimum Gasteiger partial charge on any atom is -0.507 e. The SMILES string of the molecule is COc1ccc(O)c(C(=O)CS(C)=O)c1. The number of carbonyl (C=O) groups is 1. The minimum atomic E-state index is -1.21. The van der Waals surface area contributed by atoms with Crippen LogP contribution in [0, 0.1) is 0 Å². The van der Waals surface area contributed by atoms with Crippen LogP contribution >= 0.6 is 0 Å². The summed E-state index contributed by atoms with van der Waals surface area (Å²) in [6, 6.07) is 4.37. The molecule has 82 valence electrons. The number of ketones is 1. The largest absolute Gasteiger partial charge is 0.507 e. The molecular weight excluding hydrogens is 216 g/mol. The minimum absolute atomic E-state index is 0.0965. The van der Waals surface area contributed by atoms with E-state index in [4.69, 9.17) is 4.74 Å². The molecule has 0 aliphatic rings. The average Bonchev–Trinajstić information content (AvgIpc) is 2.17. The molecule has 1 unspecified atom stereocenters. The molecule has 0 aliphatic heterocycles. The highest BCUT2D eigenvalue weighted by Gasteiger charge is 2.13. The third-order valence-corrected chi connectivity index (χ3v) is 2.51. The molecule has 1 rings (SSSR count). The Morgan fingerprint density at radius 2 is 2.20 bits per heavy atom. The quantitative estimate of drug-likeness (QED) is 0.780. The first-order valence-electron chi connectivity index (χ1n) is 4.25. The van der Waals surface area contributed by atoms with Gasteiger partial charge in [0.05, 0.1) is 18.4 Å². The van der Waals surface area contributed by atoms with Crippen molar-refractivity contribution < 1.29 is 18.8 Å². The molecule has 1 atom stereocenters. The second-order valence-electron chi connectivity index (χ2n) is 3.02. The van der Waals surface area contributed by atoms with Gasteiger partial charge in [0, 0.05) is 17.1 Å². The van der Waals surface area contributed by atoms with Gasteiger partial charge in [-0.3, -0.25) is 9.00 Å². The van der Waals surface area contributed by atoms with Crippen molar-refractivity contribution in [3.05, 3.63) is 23.8 Å². The van der Waals surface area contributed by atoms with Gasteiger partial charge in [0.1, 0.15) is 11.5 Å². The van der Waals surface area contributed by atoms with Crippen molar-refractivity contribution in [3.63, 3.8) is 0 Å². The molecule has 1 aromatic rings. The van der Waals surface area contributed by atoms with Crippen LogP contribution in [0.2, 0.25) is 0 Å². The van der Waals surface area contributed by atoms with Gasteiger partial charge in [0.25, 0.3) is 0 Å². The maximum absolute atomic E-state index is 11.5. The standard InChI is InChI=1S/C10H12O4S/c1-14-7-3-4-9(11)8(5-7)10(12)6-15(2)13/h3-5,11H,6H2,1-2H3. The van der Waals surface area contributed by atoms with E-state index in [0.717, 1.165) is 0 Å². The van der Waals surface area contributed by atoms with Gasteiger partial charge in [-0.15, -0.1) is 0 Å². The maximum Gasteiger partial charge on any atom is 0.179 e. The summed E-state index contributed by atoms with van der Waals surface area (Å²) in [5, 5.41) is 9.44. The zero-order valence-corrected chi connectivity index (χ0v) is 9.34. The van der Waals surface area contributed by atoms with Crippen molar-refractivity contribution in [2.45, 2.75) is 0 Å². The fourth-order valence-electron chi connectivity index (χ4n) is 1.13. The lowest BCUT2D eigenvalue weighted by Crippen LogP contribution is -2.09. The van der Waals surface area contributed by atoms with E-state index in [9.17, 15) is 14.1 Å². The Balaban J connectivity index is 3.01. The maximum atomic E-state index is 11.5. The Morgan fingerprint density at radius 3 is 2.73 bits per heavy atom.